The van der Waals surface area contributed by atoms with Gasteiger partial charge in [-0.15, -0.1) is 0 Å². The number of esters is 6. The van der Waals surface area contributed by atoms with Crippen molar-refractivity contribution in [2.24, 2.45) is 67.0 Å². The quantitative estimate of drug-likeness (QED) is 0.0320. The Morgan fingerprint density at radius 1 is 0.398 bits per heavy atom. The second kappa shape index (κ2) is 38.9. The van der Waals surface area contributed by atoms with E-state index in [4.69, 9.17) is 42.6 Å². The van der Waals surface area contributed by atoms with Crippen molar-refractivity contribution in [3.8, 4) is 5.75 Å². The zero-order valence-electron chi connectivity index (χ0n) is 70.8. The predicted molar refractivity (Wildman–Crippen MR) is 418 cm³/mol. The largest absolute Gasteiger partial charge is 0.508 e. The number of carbonyl (C=O) groups excluding carboxylic acids is 6. The molecule has 0 radical (unpaired) electrons. The molecule has 6 rings (SSSR count). The van der Waals surface area contributed by atoms with Crippen LogP contribution in [-0.4, -0.2) is 140 Å². The Balaban J connectivity index is 0.000000365. The first-order valence-corrected chi connectivity index (χ1v) is 39.9. The smallest absolute Gasteiger partial charge is 0.312 e. The average Bonchev–Trinajstić information content (AvgIpc) is 1.67. The van der Waals surface area contributed by atoms with Crippen molar-refractivity contribution >= 4 is 47.8 Å². The van der Waals surface area contributed by atoms with Crippen LogP contribution in [0.2, 0.25) is 0 Å². The van der Waals surface area contributed by atoms with Crippen LogP contribution in [-0.2, 0) is 91.8 Å². The summed E-state index contributed by atoms with van der Waals surface area (Å²) in [6.07, 6.45) is 12.7. The summed E-state index contributed by atoms with van der Waals surface area (Å²) in [7, 11) is 3.05. The molecule has 614 valence electrons. The van der Waals surface area contributed by atoms with Crippen LogP contribution in [0.3, 0.4) is 0 Å². The Labute approximate surface area is 648 Å². The highest BCUT2D eigenvalue weighted by Crippen LogP contribution is 2.60. The summed E-state index contributed by atoms with van der Waals surface area (Å²) in [5.74, 6) is -2.55. The van der Waals surface area contributed by atoms with Gasteiger partial charge in [0.15, 0.2) is 0 Å². The van der Waals surface area contributed by atoms with Crippen LogP contribution < -0.4 is 0 Å². The van der Waals surface area contributed by atoms with Gasteiger partial charge in [0.1, 0.15) is 42.4 Å². The summed E-state index contributed by atoms with van der Waals surface area (Å²) in [5.41, 5.74) is -8.88. The number of benzene rings is 2. The molecule has 0 aliphatic heterocycles. The van der Waals surface area contributed by atoms with E-state index in [0.717, 1.165) is 63.7 Å². The molecule has 0 saturated heterocycles. The van der Waals surface area contributed by atoms with Gasteiger partial charge >= 0.3 is 47.8 Å². The molecule has 4 aliphatic carbocycles. The number of carbonyl (C=O) groups is 8. The van der Waals surface area contributed by atoms with Crippen molar-refractivity contribution in [2.45, 2.75) is 315 Å². The fraction of sp³-hybridized carbons (Fsp3) is 0.773. The molecular weight excluding hydrogens is 1380 g/mol. The molecule has 4 fully saturated rings. The van der Waals surface area contributed by atoms with Gasteiger partial charge < -0.3 is 58.0 Å². The van der Waals surface area contributed by atoms with Crippen LogP contribution >= 0.6 is 0 Å². The number of aliphatic carboxylic acids is 2. The second-order valence-corrected chi connectivity index (χ2v) is 38.0. The van der Waals surface area contributed by atoms with Crippen LogP contribution in [0, 0.1) is 67.0 Å². The molecule has 2 aromatic carbocycles. The van der Waals surface area contributed by atoms with E-state index >= 15 is 0 Å². The lowest BCUT2D eigenvalue weighted by atomic mass is 9.61. The van der Waals surface area contributed by atoms with Crippen molar-refractivity contribution in [1.29, 1.82) is 0 Å². The zero-order chi connectivity index (χ0) is 81.9. The number of hydrogen-bond acceptors (Lipinski definition) is 18. The van der Waals surface area contributed by atoms with Gasteiger partial charge in [-0.1, -0.05) is 96.8 Å². The molecule has 4 saturated carbocycles. The third-order valence-corrected chi connectivity index (χ3v) is 23.9. The number of aromatic hydroxyl groups is 1. The summed E-state index contributed by atoms with van der Waals surface area (Å²) >= 11 is 0. The normalized spacial score (nSPS) is 22.1. The Kier molecular flexibility index (Phi) is 33.9. The molecule has 2 bridgehead atoms. The maximum atomic E-state index is 13.9. The highest BCUT2D eigenvalue weighted by atomic mass is 16.6. The molecule has 0 spiro atoms. The van der Waals surface area contributed by atoms with Crippen molar-refractivity contribution in [3.05, 3.63) is 65.7 Å². The summed E-state index contributed by atoms with van der Waals surface area (Å²) < 4.78 is 50.1. The molecule has 12 atom stereocenters. The van der Waals surface area contributed by atoms with Gasteiger partial charge in [-0.25, -0.2) is 0 Å². The Hall–Kier alpha value is -6.12. The van der Waals surface area contributed by atoms with Gasteiger partial charge in [-0.3, -0.25) is 38.4 Å². The van der Waals surface area contributed by atoms with E-state index in [1.807, 2.05) is 13.8 Å². The first-order valence-electron chi connectivity index (χ1n) is 39.9. The third-order valence-electron chi connectivity index (χ3n) is 23.9. The van der Waals surface area contributed by atoms with Crippen LogP contribution in [0.1, 0.15) is 292 Å². The van der Waals surface area contributed by atoms with Crippen molar-refractivity contribution in [3.63, 3.8) is 0 Å². The number of ether oxygens (including phenoxy) is 9. The first-order chi connectivity index (χ1) is 49.8. The summed E-state index contributed by atoms with van der Waals surface area (Å²) in [6.45, 7) is 41.2. The van der Waals surface area contributed by atoms with E-state index in [2.05, 4.69) is 70.2 Å². The minimum Gasteiger partial charge on any atom is -0.508 e. The fourth-order valence-electron chi connectivity index (χ4n) is 18.1. The van der Waals surface area contributed by atoms with Crippen LogP contribution in [0.4, 0.5) is 0 Å². The number of hydrogen-bond donors (Lipinski definition) is 3. The molecule has 20 heteroatoms. The van der Waals surface area contributed by atoms with E-state index in [0.29, 0.717) is 49.6 Å². The lowest BCUT2D eigenvalue weighted by molar-refractivity contribution is -0.177. The van der Waals surface area contributed by atoms with Gasteiger partial charge in [-0.2, -0.15) is 0 Å². The standard InChI is InChI=1S/C37H62O10.C31H54O9.C20H26O/c1-11-35(7,32(42)47-33(2,3)4)22-36(8,29(38)39)23-37(9,31(41)45-18-17-44-16-15-43-10)21-34(5,6)30(40)46-28-20-24-19-27(28)26-14-12-13-25(24)26;1-11-29(7,26(36)40-27(2,3)4)20-30(8,23(32)33)21-31(9,25(35)38-18-17-37-10)19-28(5,6)24(34)39-22-15-13-12-14-16-22;1-5-20(4,17-11-13-18(21)14-12-17)15-19(2,3)16-9-7-6-8-10-16/h24-28H,11-23H2,1-10H3,(H,38,39);22H,11-21H2,1-10H3,(H,32,33);6-14,21H,5,15H2,1-4H3. The molecule has 2 aromatic rings. The topological polar surface area (TPSA) is 280 Å². The molecule has 4 aliphatic rings. The van der Waals surface area contributed by atoms with Crippen LogP contribution in [0.15, 0.2) is 54.6 Å². The lowest BCUT2D eigenvalue weighted by Crippen LogP contribution is -2.47. The predicted octanol–water partition coefficient (Wildman–Crippen LogP) is 18.1. The van der Waals surface area contributed by atoms with Crippen molar-refractivity contribution in [1.82, 2.24) is 0 Å². The SMILES string of the molecule is CCC(C)(CC(C)(C)c1ccccc1)c1ccc(O)cc1.CCC(C)(CC(C)(CC(C)(CC(C)(C)C(=O)OC1CC2CC1C1CCCC21)C(=O)OCCOCCOC)C(=O)O)C(=O)OC(C)(C)C.CCC(C)(CC(C)(CC(C)(CC(C)(C)C(=O)OC1CCCCC1)C(=O)OCCOC)C(=O)O)C(=O)OC(C)(C)C. The van der Waals surface area contributed by atoms with Gasteiger partial charge in [0.25, 0.3) is 0 Å². The zero-order valence-corrected chi connectivity index (χ0v) is 70.8. The number of methoxy groups -OCH3 is 2. The summed E-state index contributed by atoms with van der Waals surface area (Å²) in [4.78, 5) is 107. The lowest BCUT2D eigenvalue weighted by Gasteiger charge is -2.42. The third kappa shape index (κ3) is 26.5. The van der Waals surface area contributed by atoms with Crippen LogP contribution in [0.25, 0.3) is 0 Å². The molecule has 20 nitrogen and oxygen atoms in total. The van der Waals surface area contributed by atoms with E-state index in [1.165, 1.54) is 37.5 Å². The fourth-order valence-corrected chi connectivity index (χ4v) is 18.1. The van der Waals surface area contributed by atoms with Gasteiger partial charge in [0.2, 0.25) is 0 Å². The Morgan fingerprint density at radius 2 is 0.824 bits per heavy atom. The molecule has 3 N–H and O–H groups in total. The maximum absolute atomic E-state index is 13.9. The molecule has 0 amide bonds. The Bertz CT molecular complexity index is 3250. The Morgan fingerprint density at radius 3 is 1.26 bits per heavy atom. The number of carboxylic acid groups (broad SMARTS) is 2. The average molecular weight is 1520 g/mol. The number of rotatable bonds is 38. The van der Waals surface area contributed by atoms with Gasteiger partial charge in [0.05, 0.1) is 69.7 Å². The number of carboxylic acids is 2. The second-order valence-electron chi connectivity index (χ2n) is 38.0. The maximum Gasteiger partial charge on any atom is 0.312 e. The van der Waals surface area contributed by atoms with E-state index in [9.17, 15) is 53.7 Å². The highest BCUT2D eigenvalue weighted by Gasteiger charge is 2.59. The molecule has 108 heavy (non-hydrogen) atoms. The van der Waals surface area contributed by atoms with E-state index in [-0.39, 0.29) is 94.0 Å². The van der Waals surface area contributed by atoms with Crippen LogP contribution in [0.5, 0.6) is 5.75 Å². The summed E-state index contributed by atoms with van der Waals surface area (Å²) in [5, 5.41) is 30.6. The number of phenolic OH excluding ortho intramolecular Hbond substituents is 1. The molecule has 0 heterocycles. The summed E-state index contributed by atoms with van der Waals surface area (Å²) in [6, 6.07) is 18.4. The van der Waals surface area contributed by atoms with E-state index < -0.39 is 96.3 Å². The van der Waals surface area contributed by atoms with Gasteiger partial charge in [-0.05, 0) is 284 Å². The molecular formula is C88H142O20. The monoisotopic (exact) mass is 1520 g/mol. The first kappa shape index (κ1) is 94.3. The number of phenols is 1. The minimum absolute atomic E-state index is 0.00716. The highest BCUT2D eigenvalue weighted by molar-refractivity contribution is 5.85. The molecule has 0 aromatic heterocycles. The minimum atomic E-state index is -1.54. The van der Waals surface area contributed by atoms with Crippen molar-refractivity contribution in [2.75, 3.05) is 53.9 Å². The number of fused-ring (bicyclic) bond motifs is 5. The molecule has 12 unspecified atom stereocenters. The van der Waals surface area contributed by atoms with Gasteiger partial charge in [0, 0.05) is 14.2 Å². The van der Waals surface area contributed by atoms with E-state index in [1.54, 1.807) is 130 Å². The van der Waals surface area contributed by atoms with Crippen molar-refractivity contribution < 1.29 is 96.3 Å².